The Balaban J connectivity index is 2.53. The van der Waals surface area contributed by atoms with Crippen LogP contribution in [-0.2, 0) is 11.2 Å². The Morgan fingerprint density at radius 2 is 2.25 bits per heavy atom. The number of allylic oxidation sites excluding steroid dienone is 1. The lowest BCUT2D eigenvalue weighted by molar-refractivity contribution is 0.0596. The molecule has 1 aliphatic heterocycles. The fraction of sp³-hybridized carbons (Fsp3) is 0.250. The SMILES string of the molecule is COC(=O)c1cc(Cl)cc2c1OCC=CC2. The summed E-state index contributed by atoms with van der Waals surface area (Å²) in [4.78, 5) is 11.6. The third-order valence-corrected chi connectivity index (χ3v) is 2.58. The molecular weight excluding hydrogens is 228 g/mol. The van der Waals surface area contributed by atoms with Gasteiger partial charge in [-0.2, -0.15) is 0 Å². The number of rotatable bonds is 1. The van der Waals surface area contributed by atoms with Crippen LogP contribution in [0.25, 0.3) is 0 Å². The smallest absolute Gasteiger partial charge is 0.341 e. The Morgan fingerprint density at radius 1 is 1.44 bits per heavy atom. The predicted octanol–water partition coefficient (Wildman–Crippen LogP) is 2.62. The molecule has 1 aromatic carbocycles. The van der Waals surface area contributed by atoms with Gasteiger partial charge in [0.1, 0.15) is 17.9 Å². The van der Waals surface area contributed by atoms with Gasteiger partial charge in [-0.3, -0.25) is 0 Å². The van der Waals surface area contributed by atoms with Gasteiger partial charge < -0.3 is 9.47 Å². The molecule has 0 atom stereocenters. The molecule has 1 aromatic rings. The molecule has 0 unspecified atom stereocenters. The van der Waals surface area contributed by atoms with E-state index in [1.54, 1.807) is 12.1 Å². The van der Waals surface area contributed by atoms with Gasteiger partial charge >= 0.3 is 5.97 Å². The molecule has 0 saturated heterocycles. The van der Waals surface area contributed by atoms with Gasteiger partial charge in [-0.25, -0.2) is 4.79 Å². The fourth-order valence-corrected chi connectivity index (χ4v) is 1.88. The van der Waals surface area contributed by atoms with Crippen LogP contribution in [0.15, 0.2) is 24.3 Å². The highest BCUT2D eigenvalue weighted by Gasteiger charge is 2.18. The Hall–Kier alpha value is -1.48. The van der Waals surface area contributed by atoms with E-state index in [0.717, 1.165) is 5.56 Å². The maximum atomic E-state index is 11.6. The number of carbonyl (C=O) groups excluding carboxylic acids is 1. The van der Waals surface area contributed by atoms with Crippen LogP contribution in [0.3, 0.4) is 0 Å². The largest absolute Gasteiger partial charge is 0.488 e. The lowest BCUT2D eigenvalue weighted by atomic mass is 10.1. The molecule has 0 aromatic heterocycles. The molecule has 84 valence electrons. The zero-order chi connectivity index (χ0) is 11.5. The van der Waals surface area contributed by atoms with Crippen LogP contribution in [0.4, 0.5) is 0 Å². The first-order valence-corrected chi connectivity index (χ1v) is 5.28. The molecule has 0 spiro atoms. The van der Waals surface area contributed by atoms with Crippen LogP contribution >= 0.6 is 11.6 Å². The van der Waals surface area contributed by atoms with Crippen LogP contribution in [0.1, 0.15) is 15.9 Å². The highest BCUT2D eigenvalue weighted by molar-refractivity contribution is 6.31. The van der Waals surface area contributed by atoms with E-state index < -0.39 is 5.97 Å². The van der Waals surface area contributed by atoms with E-state index in [9.17, 15) is 4.79 Å². The molecule has 3 nitrogen and oxygen atoms in total. The fourth-order valence-electron chi connectivity index (χ4n) is 1.64. The first-order chi connectivity index (χ1) is 7.72. The molecule has 1 heterocycles. The summed E-state index contributed by atoms with van der Waals surface area (Å²) in [6, 6.07) is 3.37. The van der Waals surface area contributed by atoms with Crippen molar-refractivity contribution in [1.82, 2.24) is 0 Å². The first kappa shape index (κ1) is 11.0. The summed E-state index contributed by atoms with van der Waals surface area (Å²) in [6.07, 6.45) is 4.61. The minimum Gasteiger partial charge on any atom is -0.488 e. The number of hydrogen-bond acceptors (Lipinski definition) is 3. The normalized spacial score (nSPS) is 13.6. The second-order valence-corrected chi connectivity index (χ2v) is 3.86. The van der Waals surface area contributed by atoms with Gasteiger partial charge in [-0.1, -0.05) is 23.8 Å². The van der Waals surface area contributed by atoms with Crippen molar-refractivity contribution in [3.8, 4) is 5.75 Å². The van der Waals surface area contributed by atoms with Crippen molar-refractivity contribution in [1.29, 1.82) is 0 Å². The lowest BCUT2D eigenvalue weighted by Crippen LogP contribution is -2.07. The molecular formula is C12H11ClO3. The average molecular weight is 239 g/mol. The minimum absolute atomic E-state index is 0.383. The minimum atomic E-state index is -0.430. The molecule has 4 heteroatoms. The van der Waals surface area contributed by atoms with Gasteiger partial charge in [0.15, 0.2) is 0 Å². The molecule has 16 heavy (non-hydrogen) atoms. The van der Waals surface area contributed by atoms with Gasteiger partial charge in [-0.05, 0) is 18.6 Å². The summed E-state index contributed by atoms with van der Waals surface area (Å²) in [5.41, 5.74) is 1.29. The van der Waals surface area contributed by atoms with Gasteiger partial charge in [0.25, 0.3) is 0 Å². The van der Waals surface area contributed by atoms with Crippen LogP contribution < -0.4 is 4.74 Å². The van der Waals surface area contributed by atoms with Gasteiger partial charge in [0.2, 0.25) is 0 Å². The summed E-state index contributed by atoms with van der Waals surface area (Å²) >= 11 is 5.95. The number of benzene rings is 1. The van der Waals surface area contributed by atoms with E-state index in [1.165, 1.54) is 7.11 Å². The second kappa shape index (κ2) is 4.58. The average Bonchev–Trinajstić information content (AvgIpc) is 2.51. The summed E-state index contributed by atoms with van der Waals surface area (Å²) < 4.78 is 10.2. The summed E-state index contributed by atoms with van der Waals surface area (Å²) in [5.74, 6) is 0.141. The predicted molar refractivity (Wildman–Crippen MR) is 61.1 cm³/mol. The van der Waals surface area contributed by atoms with E-state index in [4.69, 9.17) is 21.1 Å². The monoisotopic (exact) mass is 238 g/mol. The number of carbonyl (C=O) groups is 1. The van der Waals surface area contributed by atoms with Crippen molar-refractivity contribution in [2.75, 3.05) is 13.7 Å². The highest BCUT2D eigenvalue weighted by atomic mass is 35.5. The second-order valence-electron chi connectivity index (χ2n) is 3.42. The Labute approximate surface area is 98.6 Å². The molecule has 0 N–H and O–H groups in total. The molecule has 0 bridgehead atoms. The number of ether oxygens (including phenoxy) is 2. The number of halogens is 1. The van der Waals surface area contributed by atoms with Gasteiger partial charge in [0, 0.05) is 10.6 Å². The molecule has 1 aliphatic rings. The van der Waals surface area contributed by atoms with Crippen molar-refractivity contribution in [2.24, 2.45) is 0 Å². The number of hydrogen-bond donors (Lipinski definition) is 0. The van der Waals surface area contributed by atoms with Crippen LogP contribution in [0, 0.1) is 0 Å². The first-order valence-electron chi connectivity index (χ1n) is 4.91. The Bertz CT molecular complexity index is 452. The standard InChI is InChI=1S/C12H11ClO3/c1-15-12(14)10-7-9(13)6-8-4-2-3-5-16-11(8)10/h2-3,6-7H,4-5H2,1H3. The number of esters is 1. The van der Waals surface area contributed by atoms with Crippen molar-refractivity contribution in [2.45, 2.75) is 6.42 Å². The quantitative estimate of drug-likeness (QED) is 0.557. The third kappa shape index (κ3) is 2.04. The number of methoxy groups -OCH3 is 1. The lowest BCUT2D eigenvalue weighted by Gasteiger charge is -2.12. The zero-order valence-corrected chi connectivity index (χ0v) is 9.58. The highest BCUT2D eigenvalue weighted by Crippen LogP contribution is 2.30. The molecule has 2 rings (SSSR count). The molecule has 0 aliphatic carbocycles. The van der Waals surface area contributed by atoms with Gasteiger partial charge in [-0.15, -0.1) is 0 Å². The summed E-state index contributed by atoms with van der Waals surface area (Å²) in [6.45, 7) is 0.457. The summed E-state index contributed by atoms with van der Waals surface area (Å²) in [7, 11) is 1.34. The summed E-state index contributed by atoms with van der Waals surface area (Å²) in [5, 5.41) is 0.512. The van der Waals surface area contributed by atoms with Crippen molar-refractivity contribution >= 4 is 17.6 Å². The molecule has 0 saturated carbocycles. The van der Waals surface area contributed by atoms with Crippen molar-refractivity contribution in [3.05, 3.63) is 40.4 Å². The van der Waals surface area contributed by atoms with Crippen LogP contribution in [0.2, 0.25) is 5.02 Å². The van der Waals surface area contributed by atoms with E-state index in [2.05, 4.69) is 0 Å². The van der Waals surface area contributed by atoms with E-state index in [1.807, 2.05) is 12.2 Å². The van der Waals surface area contributed by atoms with E-state index in [0.29, 0.717) is 29.4 Å². The molecule has 0 radical (unpaired) electrons. The Kier molecular flexibility index (Phi) is 3.15. The molecule has 0 fully saturated rings. The van der Waals surface area contributed by atoms with Crippen molar-refractivity contribution < 1.29 is 14.3 Å². The maximum absolute atomic E-state index is 11.6. The van der Waals surface area contributed by atoms with Crippen LogP contribution in [0.5, 0.6) is 5.75 Å². The molecule has 0 amide bonds. The van der Waals surface area contributed by atoms with Crippen LogP contribution in [-0.4, -0.2) is 19.7 Å². The zero-order valence-electron chi connectivity index (χ0n) is 8.83. The van der Waals surface area contributed by atoms with E-state index >= 15 is 0 Å². The Morgan fingerprint density at radius 3 is 3.00 bits per heavy atom. The van der Waals surface area contributed by atoms with Crippen molar-refractivity contribution in [3.63, 3.8) is 0 Å². The van der Waals surface area contributed by atoms with Gasteiger partial charge in [0.05, 0.1) is 7.11 Å². The van der Waals surface area contributed by atoms with E-state index in [-0.39, 0.29) is 0 Å². The topological polar surface area (TPSA) is 35.5 Å². The third-order valence-electron chi connectivity index (χ3n) is 2.36. The maximum Gasteiger partial charge on any atom is 0.341 e. The number of fused-ring (bicyclic) bond motifs is 1.